The molecule has 0 saturated carbocycles. The van der Waals surface area contributed by atoms with Crippen LogP contribution in [-0.2, 0) is 4.79 Å². The molecule has 0 aliphatic rings. The van der Waals surface area contributed by atoms with Crippen molar-refractivity contribution in [2.75, 3.05) is 5.32 Å². The standard InChI is InChI=1S/C20H17N3O3S/c1-12-15(10-11-25-12)19-22-23-20(26-19)27-13(2)18(24)21-17-9-5-7-14-6-3-4-8-16(14)17/h3-11,13H,1-2H3,(H,21,24)/t13-/m1/s1. The van der Waals surface area contributed by atoms with Crippen molar-refractivity contribution in [2.24, 2.45) is 0 Å². The predicted octanol–water partition coefficient (Wildman–Crippen LogP) is 4.91. The number of hydrogen-bond donors (Lipinski definition) is 1. The molecule has 27 heavy (non-hydrogen) atoms. The van der Waals surface area contributed by atoms with Crippen molar-refractivity contribution in [3.63, 3.8) is 0 Å². The van der Waals surface area contributed by atoms with Crippen LogP contribution in [-0.4, -0.2) is 21.4 Å². The fraction of sp³-hybridized carbons (Fsp3) is 0.150. The monoisotopic (exact) mass is 379 g/mol. The van der Waals surface area contributed by atoms with Crippen LogP contribution in [0.1, 0.15) is 12.7 Å². The number of fused-ring (bicyclic) bond motifs is 1. The molecular formula is C20H17N3O3S. The second kappa shape index (κ2) is 7.28. The van der Waals surface area contributed by atoms with Crippen molar-refractivity contribution in [3.05, 3.63) is 60.6 Å². The summed E-state index contributed by atoms with van der Waals surface area (Å²) >= 11 is 1.22. The van der Waals surface area contributed by atoms with Gasteiger partial charge in [0.15, 0.2) is 0 Å². The van der Waals surface area contributed by atoms with E-state index in [4.69, 9.17) is 8.83 Å². The zero-order valence-corrected chi connectivity index (χ0v) is 15.6. The molecule has 136 valence electrons. The maximum absolute atomic E-state index is 12.6. The van der Waals surface area contributed by atoms with Crippen LogP contribution in [0, 0.1) is 6.92 Å². The highest BCUT2D eigenvalue weighted by atomic mass is 32.2. The van der Waals surface area contributed by atoms with E-state index in [2.05, 4.69) is 15.5 Å². The minimum Gasteiger partial charge on any atom is -0.469 e. The van der Waals surface area contributed by atoms with Gasteiger partial charge in [-0.3, -0.25) is 4.79 Å². The zero-order valence-electron chi connectivity index (χ0n) is 14.8. The number of carbonyl (C=O) groups excluding carboxylic acids is 1. The van der Waals surface area contributed by atoms with Crippen molar-refractivity contribution in [1.29, 1.82) is 0 Å². The van der Waals surface area contributed by atoms with Gasteiger partial charge in [-0.2, -0.15) is 0 Å². The molecule has 0 unspecified atom stereocenters. The summed E-state index contributed by atoms with van der Waals surface area (Å²) in [5.74, 6) is 0.956. The quantitative estimate of drug-likeness (QED) is 0.496. The van der Waals surface area contributed by atoms with Gasteiger partial charge in [-0.25, -0.2) is 0 Å². The number of nitrogens with one attached hydrogen (secondary N) is 1. The average molecular weight is 379 g/mol. The summed E-state index contributed by atoms with van der Waals surface area (Å²) in [4.78, 5) is 12.6. The fourth-order valence-electron chi connectivity index (χ4n) is 2.75. The van der Waals surface area contributed by atoms with E-state index in [1.165, 1.54) is 11.8 Å². The number of nitrogens with zero attached hydrogens (tertiary/aromatic N) is 2. The highest BCUT2D eigenvalue weighted by Crippen LogP contribution is 2.29. The first-order valence-corrected chi connectivity index (χ1v) is 9.33. The molecule has 1 atom stereocenters. The minimum atomic E-state index is -0.400. The molecule has 1 N–H and O–H groups in total. The van der Waals surface area contributed by atoms with Crippen LogP contribution in [0.4, 0.5) is 5.69 Å². The van der Waals surface area contributed by atoms with Gasteiger partial charge in [-0.1, -0.05) is 48.2 Å². The van der Waals surface area contributed by atoms with Gasteiger partial charge in [-0.15, -0.1) is 10.2 Å². The molecule has 0 bridgehead atoms. The normalized spacial score (nSPS) is 12.2. The summed E-state index contributed by atoms with van der Waals surface area (Å²) in [6, 6.07) is 15.5. The van der Waals surface area contributed by atoms with Gasteiger partial charge in [0.1, 0.15) is 5.76 Å². The molecule has 6 nitrogen and oxygen atoms in total. The molecule has 4 aromatic rings. The lowest BCUT2D eigenvalue weighted by Crippen LogP contribution is -2.22. The Morgan fingerprint density at radius 1 is 1.11 bits per heavy atom. The van der Waals surface area contributed by atoms with Crippen LogP contribution in [0.15, 0.2) is 68.9 Å². The van der Waals surface area contributed by atoms with Crippen molar-refractivity contribution in [2.45, 2.75) is 24.3 Å². The summed E-state index contributed by atoms with van der Waals surface area (Å²) in [6.07, 6.45) is 1.57. The van der Waals surface area contributed by atoms with Gasteiger partial charge >= 0.3 is 0 Å². The Bertz CT molecular complexity index is 1100. The Morgan fingerprint density at radius 3 is 2.74 bits per heavy atom. The fourth-order valence-corrected chi connectivity index (χ4v) is 3.43. The molecule has 0 saturated heterocycles. The van der Waals surface area contributed by atoms with Gasteiger partial charge in [0.05, 0.1) is 17.1 Å². The Hall–Kier alpha value is -3.06. The Balaban J connectivity index is 1.47. The molecule has 7 heteroatoms. The molecule has 4 rings (SSSR count). The lowest BCUT2D eigenvalue weighted by atomic mass is 10.1. The number of amides is 1. The summed E-state index contributed by atoms with van der Waals surface area (Å²) < 4.78 is 10.9. The Kier molecular flexibility index (Phi) is 4.68. The first kappa shape index (κ1) is 17.4. The molecule has 0 aliphatic carbocycles. The molecule has 1 amide bonds. The van der Waals surface area contributed by atoms with Crippen LogP contribution in [0.5, 0.6) is 0 Å². The van der Waals surface area contributed by atoms with E-state index in [0.717, 1.165) is 22.0 Å². The van der Waals surface area contributed by atoms with E-state index in [-0.39, 0.29) is 5.91 Å². The van der Waals surface area contributed by atoms with Crippen LogP contribution in [0.25, 0.3) is 22.2 Å². The van der Waals surface area contributed by atoms with E-state index in [9.17, 15) is 4.79 Å². The first-order chi connectivity index (χ1) is 13.1. The van der Waals surface area contributed by atoms with E-state index in [0.29, 0.717) is 16.9 Å². The zero-order chi connectivity index (χ0) is 18.8. The van der Waals surface area contributed by atoms with E-state index < -0.39 is 5.25 Å². The number of carbonyl (C=O) groups is 1. The third kappa shape index (κ3) is 3.59. The topological polar surface area (TPSA) is 81.2 Å². The third-order valence-electron chi connectivity index (χ3n) is 4.19. The molecule has 0 fully saturated rings. The smallest absolute Gasteiger partial charge is 0.277 e. The van der Waals surface area contributed by atoms with Crippen molar-refractivity contribution in [1.82, 2.24) is 10.2 Å². The number of hydrogen-bond acceptors (Lipinski definition) is 6. The summed E-state index contributed by atoms with van der Waals surface area (Å²) in [7, 11) is 0. The number of aryl methyl sites for hydroxylation is 1. The summed E-state index contributed by atoms with van der Waals surface area (Å²) in [5.41, 5.74) is 1.54. The number of rotatable bonds is 5. The van der Waals surface area contributed by atoms with Crippen molar-refractivity contribution < 1.29 is 13.6 Å². The van der Waals surface area contributed by atoms with Crippen molar-refractivity contribution in [3.8, 4) is 11.5 Å². The van der Waals surface area contributed by atoms with Crippen LogP contribution >= 0.6 is 11.8 Å². The van der Waals surface area contributed by atoms with Gasteiger partial charge in [0.25, 0.3) is 11.1 Å². The SMILES string of the molecule is Cc1occc1-c1nnc(S[C@H](C)C(=O)Nc2cccc3ccccc23)o1. The van der Waals surface area contributed by atoms with Crippen LogP contribution in [0.3, 0.4) is 0 Å². The first-order valence-electron chi connectivity index (χ1n) is 8.45. The minimum absolute atomic E-state index is 0.129. The number of anilines is 1. The maximum Gasteiger partial charge on any atom is 0.277 e. The molecule has 2 aromatic carbocycles. The second-order valence-corrected chi connectivity index (χ2v) is 7.33. The number of benzene rings is 2. The van der Waals surface area contributed by atoms with E-state index >= 15 is 0 Å². The molecule has 2 aromatic heterocycles. The Morgan fingerprint density at radius 2 is 1.93 bits per heavy atom. The number of aromatic nitrogens is 2. The van der Waals surface area contributed by atoms with Crippen molar-refractivity contribution >= 4 is 34.1 Å². The van der Waals surface area contributed by atoms with Crippen LogP contribution in [0.2, 0.25) is 0 Å². The molecular weight excluding hydrogens is 362 g/mol. The summed E-state index contributed by atoms with van der Waals surface area (Å²) in [5, 5.41) is 13.0. The maximum atomic E-state index is 12.6. The lowest BCUT2D eigenvalue weighted by molar-refractivity contribution is -0.115. The number of furan rings is 1. The largest absolute Gasteiger partial charge is 0.469 e. The van der Waals surface area contributed by atoms with E-state index in [1.54, 1.807) is 19.3 Å². The molecule has 0 radical (unpaired) electrons. The third-order valence-corrected chi connectivity index (χ3v) is 5.12. The second-order valence-electron chi connectivity index (χ2n) is 6.04. The average Bonchev–Trinajstić information content (AvgIpc) is 3.30. The van der Waals surface area contributed by atoms with Gasteiger partial charge in [0.2, 0.25) is 5.91 Å². The highest BCUT2D eigenvalue weighted by molar-refractivity contribution is 8.00. The lowest BCUT2D eigenvalue weighted by Gasteiger charge is -2.12. The molecule has 0 spiro atoms. The predicted molar refractivity (Wildman–Crippen MR) is 105 cm³/mol. The molecule has 0 aliphatic heterocycles. The summed E-state index contributed by atoms with van der Waals surface area (Å²) in [6.45, 7) is 3.63. The van der Waals surface area contributed by atoms with Gasteiger partial charge < -0.3 is 14.2 Å². The van der Waals surface area contributed by atoms with Gasteiger partial charge in [0, 0.05) is 11.1 Å². The highest BCUT2D eigenvalue weighted by Gasteiger charge is 2.20. The van der Waals surface area contributed by atoms with Crippen LogP contribution < -0.4 is 5.32 Å². The van der Waals surface area contributed by atoms with E-state index in [1.807, 2.05) is 49.4 Å². The number of thioether (sulfide) groups is 1. The Labute approximate surface area is 160 Å². The van der Waals surface area contributed by atoms with Gasteiger partial charge in [-0.05, 0) is 31.4 Å². The molecule has 2 heterocycles.